The van der Waals surface area contributed by atoms with E-state index < -0.39 is 0 Å². The molecular weight excluding hydrogens is 213 g/mol. The van der Waals surface area contributed by atoms with Crippen molar-refractivity contribution in [3.63, 3.8) is 0 Å². The molecule has 0 aliphatic heterocycles. The van der Waals surface area contributed by atoms with Gasteiger partial charge in [0, 0.05) is 5.69 Å². The van der Waals surface area contributed by atoms with Gasteiger partial charge in [0.1, 0.15) is 5.82 Å². The molecule has 76 valence electrons. The van der Waals surface area contributed by atoms with Gasteiger partial charge in [-0.05, 0) is 35.7 Å². The Morgan fingerprint density at radius 3 is 2.53 bits per heavy atom. The van der Waals surface area contributed by atoms with Gasteiger partial charge in [-0.3, -0.25) is 4.79 Å². The lowest BCUT2D eigenvalue weighted by Gasteiger charge is -2.02. The number of carbonyl (C=O) groups is 1. The third kappa shape index (κ3) is 2.41. The predicted octanol–water partition coefficient (Wildman–Crippen LogP) is 3.14. The number of rotatable bonds is 2. The van der Waals surface area contributed by atoms with Gasteiger partial charge in [0.15, 0.2) is 0 Å². The van der Waals surface area contributed by atoms with Gasteiger partial charge in [-0.15, -0.1) is 11.3 Å². The molecule has 0 aliphatic rings. The summed E-state index contributed by atoms with van der Waals surface area (Å²) in [5.74, 6) is -0.485. The second-order valence-corrected chi connectivity index (χ2v) is 3.89. The van der Waals surface area contributed by atoms with E-state index in [-0.39, 0.29) is 11.7 Å². The molecule has 1 amide bonds. The largest absolute Gasteiger partial charge is 0.321 e. The molecule has 4 heteroatoms. The van der Waals surface area contributed by atoms with Crippen molar-refractivity contribution in [1.82, 2.24) is 0 Å². The minimum Gasteiger partial charge on any atom is -0.321 e. The first-order chi connectivity index (χ1) is 7.25. The second kappa shape index (κ2) is 4.23. The summed E-state index contributed by atoms with van der Waals surface area (Å²) in [6, 6.07) is 9.23. The van der Waals surface area contributed by atoms with Crippen LogP contribution < -0.4 is 5.32 Å². The number of carbonyl (C=O) groups excluding carboxylic acids is 1. The van der Waals surface area contributed by atoms with Gasteiger partial charge in [0.2, 0.25) is 0 Å². The molecule has 0 saturated heterocycles. The Morgan fingerprint density at radius 2 is 1.93 bits per heavy atom. The monoisotopic (exact) mass is 221 g/mol. The Balaban J connectivity index is 2.09. The van der Waals surface area contributed by atoms with Gasteiger partial charge < -0.3 is 5.32 Å². The third-order valence-electron chi connectivity index (χ3n) is 1.85. The molecule has 15 heavy (non-hydrogen) atoms. The fourth-order valence-electron chi connectivity index (χ4n) is 1.13. The lowest BCUT2D eigenvalue weighted by Crippen LogP contribution is -2.09. The highest BCUT2D eigenvalue weighted by Gasteiger charge is 2.06. The van der Waals surface area contributed by atoms with E-state index in [2.05, 4.69) is 5.32 Å². The van der Waals surface area contributed by atoms with Gasteiger partial charge in [-0.2, -0.15) is 0 Å². The van der Waals surface area contributed by atoms with Crippen molar-refractivity contribution in [1.29, 1.82) is 0 Å². The number of anilines is 1. The highest BCUT2D eigenvalue weighted by atomic mass is 32.1. The number of thiophene rings is 1. The first-order valence-electron chi connectivity index (χ1n) is 4.36. The van der Waals surface area contributed by atoms with Crippen LogP contribution in [0.4, 0.5) is 10.1 Å². The Bertz CT molecular complexity index is 450. The van der Waals surface area contributed by atoms with Crippen molar-refractivity contribution in [2.24, 2.45) is 0 Å². The summed E-state index contributed by atoms with van der Waals surface area (Å²) in [6.45, 7) is 0. The highest BCUT2D eigenvalue weighted by molar-refractivity contribution is 7.12. The van der Waals surface area contributed by atoms with E-state index in [1.54, 1.807) is 6.07 Å². The van der Waals surface area contributed by atoms with Gasteiger partial charge >= 0.3 is 0 Å². The summed E-state index contributed by atoms with van der Waals surface area (Å²) in [6.07, 6.45) is 0. The minimum absolute atomic E-state index is 0.170. The number of benzene rings is 1. The predicted molar refractivity (Wildman–Crippen MR) is 58.7 cm³/mol. The maximum absolute atomic E-state index is 12.6. The van der Waals surface area contributed by atoms with Crippen LogP contribution in [0.25, 0.3) is 0 Å². The molecule has 0 unspecified atom stereocenters. The van der Waals surface area contributed by atoms with Crippen LogP contribution in [-0.4, -0.2) is 5.91 Å². The quantitative estimate of drug-likeness (QED) is 0.829. The zero-order chi connectivity index (χ0) is 10.7. The van der Waals surface area contributed by atoms with Crippen molar-refractivity contribution >= 4 is 22.9 Å². The van der Waals surface area contributed by atoms with Crippen LogP contribution in [0.3, 0.4) is 0 Å². The zero-order valence-electron chi connectivity index (χ0n) is 7.74. The van der Waals surface area contributed by atoms with Crippen molar-refractivity contribution in [2.75, 3.05) is 5.32 Å². The third-order valence-corrected chi connectivity index (χ3v) is 2.72. The summed E-state index contributed by atoms with van der Waals surface area (Å²) < 4.78 is 12.6. The van der Waals surface area contributed by atoms with E-state index in [9.17, 15) is 9.18 Å². The van der Waals surface area contributed by atoms with Gasteiger partial charge in [-0.1, -0.05) is 6.07 Å². The summed E-state index contributed by atoms with van der Waals surface area (Å²) in [7, 11) is 0. The van der Waals surface area contributed by atoms with Gasteiger partial charge in [-0.25, -0.2) is 4.39 Å². The maximum atomic E-state index is 12.6. The molecule has 0 bridgehead atoms. The molecule has 0 saturated carbocycles. The maximum Gasteiger partial charge on any atom is 0.265 e. The molecule has 0 atom stereocenters. The van der Waals surface area contributed by atoms with Gasteiger partial charge in [0.25, 0.3) is 5.91 Å². The van der Waals surface area contributed by atoms with E-state index in [0.29, 0.717) is 10.6 Å². The summed E-state index contributed by atoms with van der Waals surface area (Å²) in [5.41, 5.74) is 0.592. The van der Waals surface area contributed by atoms with Gasteiger partial charge in [0.05, 0.1) is 4.88 Å². The Hall–Kier alpha value is -1.68. The molecule has 1 aromatic heterocycles. The van der Waals surface area contributed by atoms with E-state index >= 15 is 0 Å². The Kier molecular flexibility index (Phi) is 2.78. The molecule has 0 spiro atoms. The van der Waals surface area contributed by atoms with E-state index in [1.807, 2.05) is 11.4 Å². The average Bonchev–Trinajstić information content (AvgIpc) is 2.74. The molecule has 2 nitrogen and oxygen atoms in total. The summed E-state index contributed by atoms with van der Waals surface area (Å²) >= 11 is 1.37. The van der Waals surface area contributed by atoms with Crippen LogP contribution in [0.5, 0.6) is 0 Å². The number of nitrogens with one attached hydrogen (secondary N) is 1. The average molecular weight is 221 g/mol. The topological polar surface area (TPSA) is 29.1 Å². The van der Waals surface area contributed by atoms with Crippen LogP contribution in [0, 0.1) is 5.82 Å². The lowest BCUT2D eigenvalue weighted by atomic mass is 10.3. The first-order valence-corrected chi connectivity index (χ1v) is 5.24. The van der Waals surface area contributed by atoms with E-state index in [4.69, 9.17) is 0 Å². The second-order valence-electron chi connectivity index (χ2n) is 2.94. The molecular formula is C11H8FNOS. The molecule has 1 aromatic carbocycles. The van der Waals surface area contributed by atoms with Crippen LogP contribution in [0.2, 0.25) is 0 Å². The first kappa shape index (κ1) is 9.86. The number of hydrogen-bond acceptors (Lipinski definition) is 2. The van der Waals surface area contributed by atoms with E-state index in [1.165, 1.54) is 35.6 Å². The standard InChI is InChI=1S/C11H8FNOS/c12-8-3-5-9(6-4-8)13-11(14)10-2-1-7-15-10/h1-7H,(H,13,14). The fraction of sp³-hybridized carbons (Fsp3) is 0. The molecule has 0 radical (unpaired) electrons. The summed E-state index contributed by atoms with van der Waals surface area (Å²) in [5, 5.41) is 4.51. The molecule has 1 heterocycles. The number of hydrogen-bond donors (Lipinski definition) is 1. The Labute approximate surface area is 90.4 Å². The van der Waals surface area contributed by atoms with Crippen molar-refractivity contribution < 1.29 is 9.18 Å². The smallest absolute Gasteiger partial charge is 0.265 e. The van der Waals surface area contributed by atoms with Crippen LogP contribution >= 0.6 is 11.3 Å². The minimum atomic E-state index is -0.316. The molecule has 0 fully saturated rings. The van der Waals surface area contributed by atoms with E-state index in [0.717, 1.165) is 0 Å². The van der Waals surface area contributed by atoms with Crippen molar-refractivity contribution in [3.8, 4) is 0 Å². The normalized spacial score (nSPS) is 9.93. The molecule has 2 rings (SSSR count). The van der Waals surface area contributed by atoms with Crippen LogP contribution in [0.1, 0.15) is 9.67 Å². The number of amides is 1. The van der Waals surface area contributed by atoms with Crippen LogP contribution in [-0.2, 0) is 0 Å². The van der Waals surface area contributed by atoms with Crippen LogP contribution in [0.15, 0.2) is 41.8 Å². The molecule has 0 aliphatic carbocycles. The molecule has 2 aromatic rings. The fourth-order valence-corrected chi connectivity index (χ4v) is 1.75. The Morgan fingerprint density at radius 1 is 1.20 bits per heavy atom. The highest BCUT2D eigenvalue weighted by Crippen LogP contribution is 2.13. The van der Waals surface area contributed by atoms with Crippen molar-refractivity contribution in [2.45, 2.75) is 0 Å². The summed E-state index contributed by atoms with van der Waals surface area (Å²) in [4.78, 5) is 12.2. The van der Waals surface area contributed by atoms with Crippen molar-refractivity contribution in [3.05, 3.63) is 52.5 Å². The lowest BCUT2D eigenvalue weighted by molar-refractivity contribution is 0.103. The zero-order valence-corrected chi connectivity index (χ0v) is 8.55. The SMILES string of the molecule is O=C(Nc1ccc(F)cc1)c1cccs1. The molecule has 1 N–H and O–H groups in total. The number of halogens is 1.